The lowest BCUT2D eigenvalue weighted by Crippen LogP contribution is -2.02. The molecule has 2 rings (SSSR count). The first-order valence-corrected chi connectivity index (χ1v) is 6.57. The highest BCUT2D eigenvalue weighted by atomic mass is 35.5. The summed E-state index contributed by atoms with van der Waals surface area (Å²) >= 11 is 17.8. The van der Waals surface area contributed by atoms with Crippen LogP contribution >= 0.6 is 34.8 Å². The van der Waals surface area contributed by atoms with E-state index >= 15 is 0 Å². The summed E-state index contributed by atoms with van der Waals surface area (Å²) in [6.45, 7) is 0. The number of hydrogen-bond donors (Lipinski definition) is 1. The molecule has 1 nitrogen and oxygen atoms in total. The van der Waals surface area contributed by atoms with E-state index in [1.165, 1.54) is 0 Å². The molecule has 0 aliphatic rings. The predicted octanol–water partition coefficient (Wildman–Crippen LogP) is 4.92. The van der Waals surface area contributed by atoms with Crippen molar-refractivity contribution in [3.8, 4) is 0 Å². The normalized spacial score (nSPS) is 12.4. The Morgan fingerprint density at radius 2 is 1.61 bits per heavy atom. The summed E-state index contributed by atoms with van der Waals surface area (Å²) in [5.74, 6) is 0. The third-order valence-corrected chi connectivity index (χ3v) is 3.77. The van der Waals surface area contributed by atoms with Crippen molar-refractivity contribution in [2.24, 2.45) is 0 Å². The van der Waals surface area contributed by atoms with Crippen LogP contribution in [0.1, 0.15) is 17.2 Å². The van der Waals surface area contributed by atoms with Gasteiger partial charge in [0.2, 0.25) is 0 Å². The maximum atomic E-state index is 10.2. The van der Waals surface area contributed by atoms with E-state index in [-0.39, 0.29) is 0 Å². The first-order chi connectivity index (χ1) is 8.58. The fraction of sp³-hybridized carbons (Fsp3) is 0.143. The van der Waals surface area contributed by atoms with Crippen molar-refractivity contribution in [1.29, 1.82) is 0 Å². The standard InChI is InChI=1S/C14H11Cl3O/c15-10-6-4-9(5-7-10)8-13(18)11-2-1-3-12(16)14(11)17/h1-7,13,18H,8H2. The van der Waals surface area contributed by atoms with Crippen molar-refractivity contribution in [3.63, 3.8) is 0 Å². The van der Waals surface area contributed by atoms with Gasteiger partial charge in [-0.05, 0) is 23.8 Å². The molecule has 0 fully saturated rings. The van der Waals surface area contributed by atoms with Crippen LogP contribution in [-0.2, 0) is 6.42 Å². The molecule has 1 unspecified atom stereocenters. The van der Waals surface area contributed by atoms with Gasteiger partial charge < -0.3 is 5.11 Å². The van der Waals surface area contributed by atoms with Crippen LogP contribution in [0.2, 0.25) is 15.1 Å². The number of rotatable bonds is 3. The topological polar surface area (TPSA) is 20.2 Å². The minimum Gasteiger partial charge on any atom is -0.388 e. The largest absolute Gasteiger partial charge is 0.388 e. The molecule has 0 heterocycles. The molecule has 2 aromatic rings. The van der Waals surface area contributed by atoms with Crippen molar-refractivity contribution < 1.29 is 5.11 Å². The summed E-state index contributed by atoms with van der Waals surface area (Å²) in [5, 5.41) is 11.7. The third-order valence-electron chi connectivity index (χ3n) is 2.68. The summed E-state index contributed by atoms with van der Waals surface area (Å²) in [5.41, 5.74) is 1.63. The number of aliphatic hydroxyl groups excluding tert-OH is 1. The molecule has 0 radical (unpaired) electrons. The van der Waals surface area contributed by atoms with Gasteiger partial charge in [-0.3, -0.25) is 0 Å². The second kappa shape index (κ2) is 5.94. The van der Waals surface area contributed by atoms with E-state index in [4.69, 9.17) is 34.8 Å². The molecule has 1 atom stereocenters. The average Bonchev–Trinajstić information content (AvgIpc) is 2.35. The highest BCUT2D eigenvalue weighted by molar-refractivity contribution is 6.42. The summed E-state index contributed by atoms with van der Waals surface area (Å²) in [4.78, 5) is 0. The molecule has 0 aliphatic carbocycles. The second-order valence-electron chi connectivity index (χ2n) is 3.99. The second-order valence-corrected chi connectivity index (χ2v) is 5.21. The first kappa shape index (κ1) is 13.7. The Bertz CT molecular complexity index is 537. The van der Waals surface area contributed by atoms with Crippen LogP contribution in [0.3, 0.4) is 0 Å². The van der Waals surface area contributed by atoms with Crippen LogP contribution in [-0.4, -0.2) is 5.11 Å². The van der Waals surface area contributed by atoms with Gasteiger partial charge in [0.05, 0.1) is 16.1 Å². The Hall–Kier alpha value is -0.730. The van der Waals surface area contributed by atoms with Gasteiger partial charge in [-0.2, -0.15) is 0 Å². The lowest BCUT2D eigenvalue weighted by atomic mass is 10.0. The maximum absolute atomic E-state index is 10.2. The van der Waals surface area contributed by atoms with Crippen molar-refractivity contribution in [3.05, 3.63) is 68.7 Å². The molecule has 4 heteroatoms. The Morgan fingerprint density at radius 1 is 0.944 bits per heavy atom. The minimum atomic E-state index is -0.683. The summed E-state index contributed by atoms with van der Waals surface area (Å²) in [6.07, 6.45) is -0.214. The van der Waals surface area contributed by atoms with Gasteiger partial charge in [-0.15, -0.1) is 0 Å². The highest BCUT2D eigenvalue weighted by Gasteiger charge is 2.14. The lowest BCUT2D eigenvalue weighted by molar-refractivity contribution is 0.178. The van der Waals surface area contributed by atoms with Crippen LogP contribution in [0.25, 0.3) is 0 Å². The number of aliphatic hydroxyl groups is 1. The summed E-state index contributed by atoms with van der Waals surface area (Å²) in [7, 11) is 0. The zero-order valence-corrected chi connectivity index (χ0v) is 11.7. The van der Waals surface area contributed by atoms with E-state index in [9.17, 15) is 5.11 Å². The van der Waals surface area contributed by atoms with E-state index in [0.717, 1.165) is 5.56 Å². The molecular weight excluding hydrogens is 291 g/mol. The molecule has 0 aromatic heterocycles. The zero-order chi connectivity index (χ0) is 13.1. The van der Waals surface area contributed by atoms with Crippen molar-refractivity contribution >= 4 is 34.8 Å². The van der Waals surface area contributed by atoms with Gasteiger partial charge in [0.1, 0.15) is 0 Å². The van der Waals surface area contributed by atoms with E-state index in [0.29, 0.717) is 27.1 Å². The van der Waals surface area contributed by atoms with Crippen LogP contribution < -0.4 is 0 Å². The fourth-order valence-electron chi connectivity index (χ4n) is 1.73. The van der Waals surface area contributed by atoms with Crippen molar-refractivity contribution in [1.82, 2.24) is 0 Å². The van der Waals surface area contributed by atoms with Crippen LogP contribution in [0.5, 0.6) is 0 Å². The van der Waals surface area contributed by atoms with E-state index in [1.54, 1.807) is 30.3 Å². The maximum Gasteiger partial charge on any atom is 0.0845 e. The molecular formula is C14H11Cl3O. The molecule has 2 aromatic carbocycles. The number of hydrogen-bond acceptors (Lipinski definition) is 1. The minimum absolute atomic E-state index is 0.403. The van der Waals surface area contributed by atoms with Crippen molar-refractivity contribution in [2.45, 2.75) is 12.5 Å². The molecule has 94 valence electrons. The van der Waals surface area contributed by atoms with Gasteiger partial charge in [-0.1, -0.05) is 59.1 Å². The van der Waals surface area contributed by atoms with Crippen LogP contribution in [0.15, 0.2) is 42.5 Å². The predicted molar refractivity (Wildman–Crippen MR) is 76.6 cm³/mol. The smallest absolute Gasteiger partial charge is 0.0845 e. The van der Waals surface area contributed by atoms with Gasteiger partial charge in [0, 0.05) is 17.0 Å². The molecule has 1 N–H and O–H groups in total. The third kappa shape index (κ3) is 3.18. The monoisotopic (exact) mass is 300 g/mol. The van der Waals surface area contributed by atoms with E-state index in [1.807, 2.05) is 12.1 Å². The molecule has 0 bridgehead atoms. The molecule has 0 aliphatic heterocycles. The quantitative estimate of drug-likeness (QED) is 0.853. The first-order valence-electron chi connectivity index (χ1n) is 5.44. The number of benzene rings is 2. The fourth-order valence-corrected chi connectivity index (χ4v) is 2.29. The van der Waals surface area contributed by atoms with Gasteiger partial charge in [0.25, 0.3) is 0 Å². The van der Waals surface area contributed by atoms with Crippen LogP contribution in [0, 0.1) is 0 Å². The zero-order valence-electron chi connectivity index (χ0n) is 9.41. The molecule has 0 saturated carbocycles. The Kier molecular flexibility index (Phi) is 4.52. The van der Waals surface area contributed by atoms with Crippen molar-refractivity contribution in [2.75, 3.05) is 0 Å². The van der Waals surface area contributed by atoms with Gasteiger partial charge >= 0.3 is 0 Å². The Labute approximate surface area is 121 Å². The summed E-state index contributed by atoms with van der Waals surface area (Å²) < 4.78 is 0. The van der Waals surface area contributed by atoms with Gasteiger partial charge in [0.15, 0.2) is 0 Å². The molecule has 0 amide bonds. The SMILES string of the molecule is OC(Cc1ccc(Cl)cc1)c1cccc(Cl)c1Cl. The molecule has 0 saturated heterocycles. The molecule has 18 heavy (non-hydrogen) atoms. The van der Waals surface area contributed by atoms with E-state index in [2.05, 4.69) is 0 Å². The summed E-state index contributed by atoms with van der Waals surface area (Å²) in [6, 6.07) is 12.6. The Morgan fingerprint density at radius 3 is 2.28 bits per heavy atom. The lowest BCUT2D eigenvalue weighted by Gasteiger charge is -2.13. The average molecular weight is 302 g/mol. The van der Waals surface area contributed by atoms with Crippen LogP contribution in [0.4, 0.5) is 0 Å². The van der Waals surface area contributed by atoms with Gasteiger partial charge in [-0.25, -0.2) is 0 Å². The Balaban J connectivity index is 2.19. The highest BCUT2D eigenvalue weighted by Crippen LogP contribution is 2.31. The number of halogens is 3. The van der Waals surface area contributed by atoms with E-state index < -0.39 is 6.10 Å². The molecule has 0 spiro atoms.